The van der Waals surface area contributed by atoms with E-state index in [-0.39, 0.29) is 18.3 Å². The van der Waals surface area contributed by atoms with Gasteiger partial charge in [0, 0.05) is 6.54 Å². The van der Waals surface area contributed by atoms with Crippen LogP contribution in [0.1, 0.15) is 29.0 Å². The fraction of sp³-hybridized carbons (Fsp3) is 0.471. The van der Waals surface area contributed by atoms with E-state index in [2.05, 4.69) is 20.9 Å². The zero-order valence-electron chi connectivity index (χ0n) is 14.5. The Balaban J connectivity index is 0.00000225. The molecule has 2 aromatic rings. The molecule has 0 saturated carbocycles. The Morgan fingerprint density at radius 3 is 2.80 bits per heavy atom. The van der Waals surface area contributed by atoms with E-state index < -0.39 is 0 Å². The molecule has 2 heterocycles. The SMILES string of the molecule is COc1ccc(-n2nnc(C(=O)NCC3CCCNC3)c2C)cc1.Cl. The minimum Gasteiger partial charge on any atom is -0.497 e. The fourth-order valence-electron chi connectivity index (χ4n) is 2.93. The summed E-state index contributed by atoms with van der Waals surface area (Å²) in [6, 6.07) is 7.48. The lowest BCUT2D eigenvalue weighted by molar-refractivity contribution is 0.0939. The Kier molecular flexibility index (Phi) is 6.78. The van der Waals surface area contributed by atoms with Gasteiger partial charge < -0.3 is 15.4 Å². The lowest BCUT2D eigenvalue weighted by Gasteiger charge is -2.22. The standard InChI is InChI=1S/C17H23N5O2.ClH/c1-12-16(17(23)19-11-13-4-3-9-18-10-13)20-21-22(12)14-5-7-15(24-2)8-6-14;/h5-8,13,18H,3-4,9-11H2,1-2H3,(H,19,23);1H. The van der Waals surface area contributed by atoms with Gasteiger partial charge in [-0.1, -0.05) is 5.21 Å². The molecule has 3 rings (SSSR count). The van der Waals surface area contributed by atoms with Gasteiger partial charge in [0.05, 0.1) is 18.5 Å². The monoisotopic (exact) mass is 365 g/mol. The third kappa shape index (κ3) is 4.49. The summed E-state index contributed by atoms with van der Waals surface area (Å²) in [5, 5.41) is 14.5. The molecule has 1 atom stereocenters. The van der Waals surface area contributed by atoms with Crippen LogP contribution in [0.25, 0.3) is 5.69 Å². The Labute approximate surface area is 153 Å². The van der Waals surface area contributed by atoms with Gasteiger partial charge in [0.15, 0.2) is 5.69 Å². The number of aromatic nitrogens is 3. The van der Waals surface area contributed by atoms with Gasteiger partial charge in [0.2, 0.25) is 0 Å². The van der Waals surface area contributed by atoms with Gasteiger partial charge in [-0.05, 0) is 63.0 Å². The average molecular weight is 366 g/mol. The van der Waals surface area contributed by atoms with Crippen LogP contribution in [0.2, 0.25) is 0 Å². The quantitative estimate of drug-likeness (QED) is 0.843. The van der Waals surface area contributed by atoms with Crippen molar-refractivity contribution in [3.8, 4) is 11.4 Å². The molecule has 136 valence electrons. The zero-order chi connectivity index (χ0) is 16.9. The van der Waals surface area contributed by atoms with Gasteiger partial charge in [-0.25, -0.2) is 4.68 Å². The molecule has 8 heteroatoms. The number of carbonyl (C=O) groups is 1. The van der Waals surface area contributed by atoms with Crippen molar-refractivity contribution in [1.29, 1.82) is 0 Å². The second-order valence-corrected chi connectivity index (χ2v) is 6.06. The summed E-state index contributed by atoms with van der Waals surface area (Å²) in [4.78, 5) is 12.4. The first-order valence-corrected chi connectivity index (χ1v) is 8.24. The Morgan fingerprint density at radius 1 is 1.40 bits per heavy atom. The minimum atomic E-state index is -0.169. The molecule has 1 fully saturated rings. The molecule has 1 aliphatic rings. The van der Waals surface area contributed by atoms with Crippen LogP contribution in [0.5, 0.6) is 5.75 Å². The number of benzene rings is 1. The van der Waals surface area contributed by atoms with E-state index in [1.807, 2.05) is 31.2 Å². The van der Waals surface area contributed by atoms with Crippen molar-refractivity contribution in [3.63, 3.8) is 0 Å². The van der Waals surface area contributed by atoms with Crippen molar-refractivity contribution < 1.29 is 9.53 Å². The highest BCUT2D eigenvalue weighted by molar-refractivity contribution is 5.93. The first-order valence-electron chi connectivity index (χ1n) is 8.24. The van der Waals surface area contributed by atoms with Gasteiger partial charge in [0.25, 0.3) is 5.91 Å². The topological polar surface area (TPSA) is 81.1 Å². The first kappa shape index (κ1) is 19.2. The summed E-state index contributed by atoms with van der Waals surface area (Å²) >= 11 is 0. The number of amides is 1. The van der Waals surface area contributed by atoms with Gasteiger partial charge in [-0.15, -0.1) is 17.5 Å². The van der Waals surface area contributed by atoms with Gasteiger partial charge in [-0.2, -0.15) is 0 Å². The molecular formula is C17H24ClN5O2. The van der Waals surface area contributed by atoms with Gasteiger partial charge in [0.1, 0.15) is 5.75 Å². The van der Waals surface area contributed by atoms with Crippen molar-refractivity contribution in [3.05, 3.63) is 35.7 Å². The number of rotatable bonds is 5. The van der Waals surface area contributed by atoms with E-state index in [4.69, 9.17) is 4.74 Å². The summed E-state index contributed by atoms with van der Waals surface area (Å²) in [7, 11) is 1.63. The lowest BCUT2D eigenvalue weighted by atomic mass is 10.00. The maximum atomic E-state index is 12.4. The van der Waals surface area contributed by atoms with Crippen molar-refractivity contribution in [2.75, 3.05) is 26.7 Å². The molecule has 2 N–H and O–H groups in total. The molecule has 0 radical (unpaired) electrons. The molecular weight excluding hydrogens is 342 g/mol. The number of nitrogens with one attached hydrogen (secondary N) is 2. The summed E-state index contributed by atoms with van der Waals surface area (Å²) < 4.78 is 6.82. The molecule has 0 spiro atoms. The van der Waals surface area contributed by atoms with Crippen LogP contribution >= 0.6 is 12.4 Å². The highest BCUT2D eigenvalue weighted by Gasteiger charge is 2.19. The highest BCUT2D eigenvalue weighted by Crippen LogP contribution is 2.17. The maximum absolute atomic E-state index is 12.4. The number of methoxy groups -OCH3 is 1. The van der Waals surface area contributed by atoms with Crippen LogP contribution in [-0.4, -0.2) is 47.6 Å². The van der Waals surface area contributed by atoms with Crippen molar-refractivity contribution >= 4 is 18.3 Å². The molecule has 1 unspecified atom stereocenters. The number of piperidine rings is 1. The molecule has 1 aromatic heterocycles. The zero-order valence-corrected chi connectivity index (χ0v) is 15.3. The van der Waals surface area contributed by atoms with Crippen LogP contribution in [0.3, 0.4) is 0 Å². The molecule has 0 aliphatic carbocycles. The first-order chi connectivity index (χ1) is 11.7. The molecule has 1 aromatic carbocycles. The Hall–Kier alpha value is -2.12. The van der Waals surface area contributed by atoms with Crippen LogP contribution in [-0.2, 0) is 0 Å². The summed E-state index contributed by atoms with van der Waals surface area (Å²) in [5.41, 5.74) is 1.94. The normalized spacial score (nSPS) is 16.8. The lowest BCUT2D eigenvalue weighted by Crippen LogP contribution is -2.38. The Morgan fingerprint density at radius 2 is 2.16 bits per heavy atom. The van der Waals surface area contributed by atoms with E-state index in [1.165, 1.54) is 0 Å². The number of ether oxygens (including phenoxy) is 1. The third-order valence-electron chi connectivity index (χ3n) is 4.38. The molecule has 0 bridgehead atoms. The van der Waals surface area contributed by atoms with Crippen LogP contribution in [0.4, 0.5) is 0 Å². The number of nitrogens with zero attached hydrogens (tertiary/aromatic N) is 3. The van der Waals surface area contributed by atoms with Crippen LogP contribution < -0.4 is 15.4 Å². The smallest absolute Gasteiger partial charge is 0.273 e. The van der Waals surface area contributed by atoms with Crippen molar-refractivity contribution in [1.82, 2.24) is 25.6 Å². The van der Waals surface area contributed by atoms with E-state index in [9.17, 15) is 4.79 Å². The molecule has 1 amide bonds. The second-order valence-electron chi connectivity index (χ2n) is 6.06. The van der Waals surface area contributed by atoms with Gasteiger partial charge in [-0.3, -0.25) is 4.79 Å². The van der Waals surface area contributed by atoms with E-state index >= 15 is 0 Å². The van der Waals surface area contributed by atoms with Crippen molar-refractivity contribution in [2.45, 2.75) is 19.8 Å². The number of halogens is 1. The maximum Gasteiger partial charge on any atom is 0.273 e. The predicted octanol–water partition coefficient (Wildman–Crippen LogP) is 1.74. The number of hydrogen-bond acceptors (Lipinski definition) is 5. The molecule has 1 saturated heterocycles. The van der Waals surface area contributed by atoms with E-state index in [1.54, 1.807) is 11.8 Å². The Bertz CT molecular complexity index is 696. The summed E-state index contributed by atoms with van der Waals surface area (Å²) in [5.74, 6) is 1.09. The summed E-state index contributed by atoms with van der Waals surface area (Å²) in [6.07, 6.45) is 2.30. The molecule has 7 nitrogen and oxygen atoms in total. The largest absolute Gasteiger partial charge is 0.497 e. The number of hydrogen-bond donors (Lipinski definition) is 2. The third-order valence-corrected chi connectivity index (χ3v) is 4.38. The van der Waals surface area contributed by atoms with E-state index in [0.29, 0.717) is 18.2 Å². The molecule has 1 aliphatic heterocycles. The molecule has 25 heavy (non-hydrogen) atoms. The van der Waals surface area contributed by atoms with E-state index in [0.717, 1.165) is 43.1 Å². The van der Waals surface area contributed by atoms with Crippen molar-refractivity contribution in [2.24, 2.45) is 5.92 Å². The van der Waals surface area contributed by atoms with Crippen LogP contribution in [0, 0.1) is 12.8 Å². The summed E-state index contributed by atoms with van der Waals surface area (Å²) in [6.45, 7) is 4.54. The minimum absolute atomic E-state index is 0. The fourth-order valence-corrected chi connectivity index (χ4v) is 2.93. The number of carbonyl (C=O) groups excluding carboxylic acids is 1. The highest BCUT2D eigenvalue weighted by atomic mass is 35.5. The second kappa shape index (κ2) is 8.82. The van der Waals surface area contributed by atoms with Gasteiger partial charge >= 0.3 is 0 Å². The average Bonchev–Trinajstić information content (AvgIpc) is 3.02. The predicted molar refractivity (Wildman–Crippen MR) is 97.8 cm³/mol. The van der Waals surface area contributed by atoms with Crippen LogP contribution in [0.15, 0.2) is 24.3 Å².